The van der Waals surface area contributed by atoms with Crippen molar-refractivity contribution in [2.24, 2.45) is 0 Å². The van der Waals surface area contributed by atoms with E-state index in [-0.39, 0.29) is 11.8 Å². The van der Waals surface area contributed by atoms with E-state index in [1.165, 1.54) is 0 Å². The molecule has 1 aliphatic rings. The van der Waals surface area contributed by atoms with Crippen LogP contribution >= 0.6 is 0 Å². The van der Waals surface area contributed by atoms with Crippen LogP contribution in [-0.2, 0) is 24.2 Å². The van der Waals surface area contributed by atoms with E-state index in [0.717, 1.165) is 47.4 Å². The smallest absolute Gasteiger partial charge is 0.251 e. The fourth-order valence-electron chi connectivity index (χ4n) is 5.01. The summed E-state index contributed by atoms with van der Waals surface area (Å²) < 4.78 is 5.30. The Kier molecular flexibility index (Phi) is 10.1. The minimum atomic E-state index is -0.821. The summed E-state index contributed by atoms with van der Waals surface area (Å²) in [6, 6.07) is 22.8. The molecule has 7 heteroatoms. The molecular weight excluding hydrogens is 490 g/mol. The Bertz CT molecular complexity index is 1250. The fourth-order valence-corrected chi connectivity index (χ4v) is 5.01. The van der Waals surface area contributed by atoms with E-state index < -0.39 is 12.1 Å². The van der Waals surface area contributed by atoms with E-state index in [2.05, 4.69) is 17.6 Å². The van der Waals surface area contributed by atoms with E-state index in [4.69, 9.17) is 4.74 Å². The van der Waals surface area contributed by atoms with E-state index in [0.29, 0.717) is 38.0 Å². The summed E-state index contributed by atoms with van der Waals surface area (Å²) in [5.41, 5.74) is 4.37. The van der Waals surface area contributed by atoms with Gasteiger partial charge in [-0.2, -0.15) is 0 Å². The second-order valence-electron chi connectivity index (χ2n) is 10.1. The van der Waals surface area contributed by atoms with E-state index >= 15 is 0 Å². The van der Waals surface area contributed by atoms with Crippen LogP contribution in [0.1, 0.15) is 53.2 Å². The normalized spacial score (nSPS) is 14.7. The number of aliphatic hydroxyl groups excluding tert-OH is 1. The summed E-state index contributed by atoms with van der Waals surface area (Å²) in [7, 11) is 1.64. The van der Waals surface area contributed by atoms with Crippen LogP contribution in [0, 0.1) is 0 Å². The van der Waals surface area contributed by atoms with Crippen LogP contribution in [-0.4, -0.2) is 49.3 Å². The number of benzene rings is 3. The van der Waals surface area contributed by atoms with Crippen LogP contribution in [0.3, 0.4) is 0 Å². The maximum Gasteiger partial charge on any atom is 0.251 e. The molecule has 206 valence electrons. The Morgan fingerprint density at radius 3 is 2.54 bits per heavy atom. The van der Waals surface area contributed by atoms with Crippen molar-refractivity contribution >= 4 is 17.5 Å². The van der Waals surface area contributed by atoms with Crippen molar-refractivity contribution in [1.82, 2.24) is 10.6 Å². The molecule has 1 heterocycles. The zero-order valence-corrected chi connectivity index (χ0v) is 22.9. The average Bonchev–Trinajstić information content (AvgIpc) is 3.39. The van der Waals surface area contributed by atoms with Gasteiger partial charge in [0.15, 0.2) is 0 Å². The Hall–Kier alpha value is -3.68. The van der Waals surface area contributed by atoms with Crippen molar-refractivity contribution in [3.05, 3.63) is 95.1 Å². The summed E-state index contributed by atoms with van der Waals surface area (Å²) in [6.07, 6.45) is 2.78. The van der Waals surface area contributed by atoms with Gasteiger partial charge in [0.25, 0.3) is 5.91 Å². The Morgan fingerprint density at radius 1 is 1.03 bits per heavy atom. The molecule has 0 radical (unpaired) electrons. The number of methoxy groups -OCH3 is 1. The molecule has 3 aromatic carbocycles. The molecule has 2 unspecified atom stereocenters. The number of rotatable bonds is 13. The van der Waals surface area contributed by atoms with Crippen molar-refractivity contribution in [1.29, 1.82) is 0 Å². The van der Waals surface area contributed by atoms with Gasteiger partial charge in [-0.25, -0.2) is 0 Å². The topological polar surface area (TPSA) is 90.9 Å². The highest BCUT2D eigenvalue weighted by Gasteiger charge is 2.25. The van der Waals surface area contributed by atoms with Gasteiger partial charge in [0.05, 0.1) is 19.3 Å². The highest BCUT2D eigenvalue weighted by molar-refractivity contribution is 5.99. The first-order valence-electron chi connectivity index (χ1n) is 13.8. The summed E-state index contributed by atoms with van der Waals surface area (Å²) in [5.74, 6) is 0.618. The number of carbonyl (C=O) groups excluding carboxylic acids is 2. The monoisotopic (exact) mass is 529 g/mol. The van der Waals surface area contributed by atoms with Gasteiger partial charge in [0, 0.05) is 37.3 Å². The number of aryl methyl sites for hydroxylation is 1. The molecule has 0 aromatic heterocycles. The van der Waals surface area contributed by atoms with Gasteiger partial charge in [0.1, 0.15) is 5.75 Å². The summed E-state index contributed by atoms with van der Waals surface area (Å²) in [4.78, 5) is 27.7. The second kappa shape index (κ2) is 13.9. The Morgan fingerprint density at radius 2 is 1.82 bits per heavy atom. The molecule has 2 amide bonds. The molecule has 3 aromatic rings. The number of amides is 2. The van der Waals surface area contributed by atoms with E-state index in [9.17, 15) is 14.7 Å². The second-order valence-corrected chi connectivity index (χ2v) is 10.1. The molecule has 0 bridgehead atoms. The number of anilines is 1. The zero-order chi connectivity index (χ0) is 27.6. The summed E-state index contributed by atoms with van der Waals surface area (Å²) >= 11 is 0. The number of ether oxygens (including phenoxy) is 1. The first kappa shape index (κ1) is 28.3. The Balaban J connectivity index is 1.49. The number of aliphatic hydroxyl groups is 1. The summed E-state index contributed by atoms with van der Waals surface area (Å²) in [5, 5.41) is 17.6. The summed E-state index contributed by atoms with van der Waals surface area (Å²) in [6.45, 7) is 3.63. The lowest BCUT2D eigenvalue weighted by Gasteiger charge is -2.25. The van der Waals surface area contributed by atoms with Crippen molar-refractivity contribution in [2.45, 2.75) is 57.7 Å². The molecule has 3 N–H and O–H groups in total. The highest BCUT2D eigenvalue weighted by atomic mass is 16.5. The first-order chi connectivity index (χ1) is 19.0. The molecule has 0 saturated carbocycles. The highest BCUT2D eigenvalue weighted by Crippen LogP contribution is 2.25. The Labute approximate surface area is 231 Å². The lowest BCUT2D eigenvalue weighted by Crippen LogP contribution is -2.48. The van der Waals surface area contributed by atoms with E-state index in [1.807, 2.05) is 66.7 Å². The predicted molar refractivity (Wildman–Crippen MR) is 154 cm³/mol. The molecule has 39 heavy (non-hydrogen) atoms. The molecule has 7 nitrogen and oxygen atoms in total. The first-order valence-corrected chi connectivity index (χ1v) is 13.8. The SMILES string of the molecule is CCCc1cc(C(=O)NC(Cc2ccccc2)C(O)CNCc2cccc(OC)c2)cc(N2CCCC2=O)c1. The lowest BCUT2D eigenvalue weighted by molar-refractivity contribution is -0.117. The quantitative estimate of drug-likeness (QED) is 0.308. The molecule has 1 saturated heterocycles. The third-order valence-corrected chi connectivity index (χ3v) is 7.06. The molecular formula is C32H39N3O4. The molecule has 1 fully saturated rings. The standard InChI is InChI=1S/C32H39N3O4/c1-3-9-24-16-26(20-27(17-24)35-15-8-14-31(35)37)32(38)34-29(19-23-10-5-4-6-11-23)30(36)22-33-21-25-12-7-13-28(18-25)39-2/h4-7,10-13,16-18,20,29-30,33,36H,3,8-9,14-15,19,21-22H2,1-2H3,(H,34,38). The van der Waals surface area contributed by atoms with Gasteiger partial charge < -0.3 is 25.4 Å². The van der Waals surface area contributed by atoms with Crippen LogP contribution in [0.4, 0.5) is 5.69 Å². The maximum atomic E-state index is 13.6. The minimum Gasteiger partial charge on any atom is -0.497 e. The zero-order valence-electron chi connectivity index (χ0n) is 22.9. The molecule has 0 aliphatic carbocycles. The third-order valence-electron chi connectivity index (χ3n) is 7.06. The number of carbonyl (C=O) groups is 2. The largest absolute Gasteiger partial charge is 0.497 e. The van der Waals surface area contributed by atoms with Crippen LogP contribution < -0.4 is 20.3 Å². The average molecular weight is 530 g/mol. The van der Waals surface area contributed by atoms with Crippen molar-refractivity contribution in [3.8, 4) is 5.75 Å². The van der Waals surface area contributed by atoms with Crippen LogP contribution in [0.15, 0.2) is 72.8 Å². The number of hydrogen-bond acceptors (Lipinski definition) is 5. The molecule has 2 atom stereocenters. The fraction of sp³-hybridized carbons (Fsp3) is 0.375. The van der Waals surface area contributed by atoms with Crippen molar-refractivity contribution < 1.29 is 19.4 Å². The van der Waals surface area contributed by atoms with E-state index in [1.54, 1.807) is 18.1 Å². The predicted octanol–water partition coefficient (Wildman–Crippen LogP) is 4.27. The van der Waals surface area contributed by atoms with Gasteiger partial charge >= 0.3 is 0 Å². The lowest BCUT2D eigenvalue weighted by atomic mass is 9.99. The van der Waals surface area contributed by atoms with Gasteiger partial charge in [-0.15, -0.1) is 0 Å². The van der Waals surface area contributed by atoms with Crippen molar-refractivity contribution in [2.75, 3.05) is 25.1 Å². The number of nitrogens with zero attached hydrogens (tertiary/aromatic N) is 1. The number of nitrogens with one attached hydrogen (secondary N) is 2. The van der Waals surface area contributed by atoms with Crippen LogP contribution in [0.25, 0.3) is 0 Å². The molecule has 0 spiro atoms. The number of hydrogen-bond donors (Lipinski definition) is 3. The maximum absolute atomic E-state index is 13.6. The third kappa shape index (κ3) is 7.91. The van der Waals surface area contributed by atoms with Gasteiger partial charge in [-0.3, -0.25) is 9.59 Å². The van der Waals surface area contributed by atoms with Gasteiger partial charge in [-0.1, -0.05) is 55.8 Å². The molecule has 4 rings (SSSR count). The molecule has 1 aliphatic heterocycles. The van der Waals surface area contributed by atoms with Crippen LogP contribution in [0.5, 0.6) is 5.75 Å². The van der Waals surface area contributed by atoms with Crippen molar-refractivity contribution in [3.63, 3.8) is 0 Å². The van der Waals surface area contributed by atoms with Gasteiger partial charge in [0.2, 0.25) is 5.91 Å². The minimum absolute atomic E-state index is 0.0921. The van der Waals surface area contributed by atoms with Crippen LogP contribution in [0.2, 0.25) is 0 Å². The van der Waals surface area contributed by atoms with Gasteiger partial charge in [-0.05, 0) is 66.3 Å².